The number of anilines is 1. The van der Waals surface area contributed by atoms with E-state index in [1.54, 1.807) is 19.0 Å². The molecule has 0 atom stereocenters. The molecule has 8 heteroatoms. The number of para-hydroxylation sites is 2. The van der Waals surface area contributed by atoms with Crippen LogP contribution in [0.3, 0.4) is 0 Å². The van der Waals surface area contributed by atoms with Crippen LogP contribution in [0.5, 0.6) is 5.75 Å². The van der Waals surface area contributed by atoms with Crippen LogP contribution in [0.1, 0.15) is 16.5 Å². The number of nitrogens with one attached hydrogen (secondary N) is 1. The van der Waals surface area contributed by atoms with Gasteiger partial charge < -0.3 is 15.0 Å². The second-order valence-corrected chi connectivity index (χ2v) is 4.90. The van der Waals surface area contributed by atoms with Gasteiger partial charge in [-0.25, -0.2) is 0 Å². The minimum absolute atomic E-state index is 0. The summed E-state index contributed by atoms with van der Waals surface area (Å²) in [7, 11) is 3.28. The third-order valence-corrected chi connectivity index (χ3v) is 3.57. The number of hydrogen-bond donors (Lipinski definition) is 1. The molecule has 7 nitrogen and oxygen atoms in total. The SMILES string of the molecule is COc1ccccc1N(C)C(=O)c1cnn(C2CNC2)n1.Cl. The van der Waals surface area contributed by atoms with E-state index in [2.05, 4.69) is 15.5 Å². The van der Waals surface area contributed by atoms with Gasteiger partial charge in [-0.1, -0.05) is 12.1 Å². The fourth-order valence-electron chi connectivity index (χ4n) is 2.17. The number of rotatable bonds is 4. The quantitative estimate of drug-likeness (QED) is 0.913. The Morgan fingerprint density at radius 1 is 1.41 bits per heavy atom. The van der Waals surface area contributed by atoms with Gasteiger partial charge in [0.1, 0.15) is 5.75 Å². The number of methoxy groups -OCH3 is 1. The average molecular weight is 324 g/mol. The molecule has 22 heavy (non-hydrogen) atoms. The van der Waals surface area contributed by atoms with Crippen molar-refractivity contribution >= 4 is 24.0 Å². The smallest absolute Gasteiger partial charge is 0.280 e. The van der Waals surface area contributed by atoms with Crippen molar-refractivity contribution in [3.8, 4) is 5.75 Å². The van der Waals surface area contributed by atoms with E-state index in [0.717, 1.165) is 13.1 Å². The monoisotopic (exact) mass is 323 g/mol. The molecule has 118 valence electrons. The van der Waals surface area contributed by atoms with Crippen molar-refractivity contribution in [3.63, 3.8) is 0 Å². The first-order valence-electron chi connectivity index (χ1n) is 6.74. The summed E-state index contributed by atoms with van der Waals surface area (Å²) in [4.78, 5) is 15.6. The lowest BCUT2D eigenvalue weighted by Gasteiger charge is -2.25. The van der Waals surface area contributed by atoms with Gasteiger partial charge in [-0.05, 0) is 12.1 Å². The van der Waals surface area contributed by atoms with E-state index >= 15 is 0 Å². The normalized spacial score (nSPS) is 13.9. The first-order chi connectivity index (χ1) is 10.2. The molecular formula is C14H18ClN5O2. The fourth-order valence-corrected chi connectivity index (χ4v) is 2.17. The number of amides is 1. The minimum atomic E-state index is -0.210. The molecule has 0 aliphatic carbocycles. The molecule has 1 saturated heterocycles. The van der Waals surface area contributed by atoms with Gasteiger partial charge in [0.2, 0.25) is 0 Å². The van der Waals surface area contributed by atoms with Crippen LogP contribution in [-0.2, 0) is 0 Å². The lowest BCUT2D eigenvalue weighted by Crippen LogP contribution is -2.44. The van der Waals surface area contributed by atoms with Gasteiger partial charge in [0.25, 0.3) is 5.91 Å². The molecule has 1 fully saturated rings. The molecule has 1 aromatic heterocycles. The minimum Gasteiger partial charge on any atom is -0.495 e. The Balaban J connectivity index is 0.00000176. The van der Waals surface area contributed by atoms with Crippen molar-refractivity contribution in [2.24, 2.45) is 0 Å². The average Bonchev–Trinajstić information content (AvgIpc) is 2.93. The summed E-state index contributed by atoms with van der Waals surface area (Å²) < 4.78 is 5.28. The van der Waals surface area contributed by atoms with Crippen molar-refractivity contribution < 1.29 is 9.53 Å². The predicted octanol–water partition coefficient (Wildman–Crippen LogP) is 1.13. The number of aromatic nitrogens is 3. The van der Waals surface area contributed by atoms with Crippen LogP contribution in [0.15, 0.2) is 30.5 Å². The molecule has 0 radical (unpaired) electrons. The first-order valence-corrected chi connectivity index (χ1v) is 6.74. The van der Waals surface area contributed by atoms with Crippen molar-refractivity contribution in [3.05, 3.63) is 36.2 Å². The Kier molecular flexibility index (Phi) is 4.99. The lowest BCUT2D eigenvalue weighted by molar-refractivity contribution is 0.0986. The molecule has 0 unspecified atom stereocenters. The van der Waals surface area contributed by atoms with E-state index in [-0.39, 0.29) is 24.4 Å². The zero-order valence-corrected chi connectivity index (χ0v) is 13.2. The molecule has 1 N–H and O–H groups in total. The molecule has 2 heterocycles. The van der Waals surface area contributed by atoms with Crippen molar-refractivity contribution in [2.45, 2.75) is 6.04 Å². The third-order valence-electron chi connectivity index (χ3n) is 3.57. The predicted molar refractivity (Wildman–Crippen MR) is 84.9 cm³/mol. The van der Waals surface area contributed by atoms with Crippen LogP contribution in [0.2, 0.25) is 0 Å². The number of ether oxygens (including phenoxy) is 1. The Morgan fingerprint density at radius 3 is 2.77 bits per heavy atom. The van der Waals surface area contributed by atoms with Gasteiger partial charge in [-0.15, -0.1) is 17.5 Å². The molecule has 1 aliphatic rings. The molecule has 1 aliphatic heterocycles. The highest BCUT2D eigenvalue weighted by Crippen LogP contribution is 2.27. The van der Waals surface area contributed by atoms with Gasteiger partial charge in [-0.3, -0.25) is 4.79 Å². The summed E-state index contributed by atoms with van der Waals surface area (Å²) in [6.07, 6.45) is 1.51. The van der Waals surface area contributed by atoms with Crippen molar-refractivity contribution in [2.75, 3.05) is 32.1 Å². The largest absolute Gasteiger partial charge is 0.495 e. The summed E-state index contributed by atoms with van der Waals surface area (Å²) in [5.74, 6) is 0.432. The van der Waals surface area contributed by atoms with Crippen LogP contribution >= 0.6 is 12.4 Å². The molecule has 0 bridgehead atoms. The van der Waals surface area contributed by atoms with E-state index in [4.69, 9.17) is 4.74 Å². The number of nitrogens with zero attached hydrogens (tertiary/aromatic N) is 4. The van der Waals surface area contributed by atoms with Crippen LogP contribution in [-0.4, -0.2) is 48.1 Å². The Bertz CT molecular complexity index is 656. The molecule has 2 aromatic rings. The number of benzene rings is 1. The van der Waals surface area contributed by atoms with Gasteiger partial charge in [0.15, 0.2) is 5.69 Å². The Hall–Kier alpha value is -2.12. The fraction of sp³-hybridized carbons (Fsp3) is 0.357. The zero-order chi connectivity index (χ0) is 14.8. The Labute approximate surface area is 134 Å². The standard InChI is InChI=1S/C14H17N5O2.ClH/c1-18(12-5-3-4-6-13(12)21-2)14(20)11-9-16-19(17-11)10-7-15-8-10;/h3-6,9-10,15H,7-8H2,1-2H3;1H. The number of carbonyl (C=O) groups excluding carboxylic acids is 1. The zero-order valence-electron chi connectivity index (χ0n) is 12.4. The molecule has 3 rings (SSSR count). The second kappa shape index (κ2) is 6.76. The second-order valence-electron chi connectivity index (χ2n) is 4.90. The highest BCUT2D eigenvalue weighted by Gasteiger charge is 2.24. The highest BCUT2D eigenvalue weighted by molar-refractivity contribution is 6.04. The maximum absolute atomic E-state index is 12.5. The van der Waals surface area contributed by atoms with Crippen molar-refractivity contribution in [1.82, 2.24) is 20.3 Å². The topological polar surface area (TPSA) is 72.3 Å². The third kappa shape index (κ3) is 2.90. The van der Waals surface area contributed by atoms with Gasteiger partial charge >= 0.3 is 0 Å². The van der Waals surface area contributed by atoms with Gasteiger partial charge in [0, 0.05) is 20.1 Å². The molecule has 0 saturated carbocycles. The summed E-state index contributed by atoms with van der Waals surface area (Å²) in [6.45, 7) is 1.68. The molecule has 1 aromatic carbocycles. The number of carbonyl (C=O) groups is 1. The van der Waals surface area contributed by atoms with E-state index in [1.807, 2.05) is 24.3 Å². The maximum Gasteiger partial charge on any atom is 0.280 e. The molecule has 0 spiro atoms. The summed E-state index contributed by atoms with van der Waals surface area (Å²) >= 11 is 0. The summed E-state index contributed by atoms with van der Waals surface area (Å²) in [5.41, 5.74) is 1.03. The van der Waals surface area contributed by atoms with Crippen molar-refractivity contribution in [1.29, 1.82) is 0 Å². The van der Waals surface area contributed by atoms with Crippen LogP contribution in [0.25, 0.3) is 0 Å². The molecule has 1 amide bonds. The van der Waals surface area contributed by atoms with E-state index in [1.165, 1.54) is 11.1 Å². The van der Waals surface area contributed by atoms with Crippen LogP contribution < -0.4 is 15.0 Å². The first kappa shape index (κ1) is 16.3. The van der Waals surface area contributed by atoms with Crippen LogP contribution in [0.4, 0.5) is 5.69 Å². The number of hydrogen-bond acceptors (Lipinski definition) is 5. The Morgan fingerprint density at radius 2 is 2.14 bits per heavy atom. The van der Waals surface area contributed by atoms with Gasteiger partial charge in [0.05, 0.1) is 25.0 Å². The van der Waals surface area contributed by atoms with Gasteiger partial charge in [-0.2, -0.15) is 9.90 Å². The summed E-state index contributed by atoms with van der Waals surface area (Å²) in [5, 5.41) is 11.6. The van der Waals surface area contributed by atoms with Crippen LogP contribution in [0, 0.1) is 0 Å². The highest BCUT2D eigenvalue weighted by atomic mass is 35.5. The maximum atomic E-state index is 12.5. The van der Waals surface area contributed by atoms with E-state index < -0.39 is 0 Å². The van der Waals surface area contributed by atoms with E-state index in [0.29, 0.717) is 17.1 Å². The number of halogens is 1. The lowest BCUT2D eigenvalue weighted by atomic mass is 10.2. The summed E-state index contributed by atoms with van der Waals surface area (Å²) in [6, 6.07) is 7.61. The van der Waals surface area contributed by atoms with E-state index in [9.17, 15) is 4.79 Å². The molecular weight excluding hydrogens is 306 g/mol.